The Balaban J connectivity index is 1.94. The van der Waals surface area contributed by atoms with E-state index in [4.69, 9.17) is 4.74 Å². The van der Waals surface area contributed by atoms with Crippen LogP contribution in [0, 0.1) is 0 Å². The summed E-state index contributed by atoms with van der Waals surface area (Å²) in [6.45, 7) is 6.32. The monoisotopic (exact) mass is 362 g/mol. The summed E-state index contributed by atoms with van der Waals surface area (Å²) in [5.74, 6) is 1.55. The number of nitrogens with zero attached hydrogens (tertiary/aromatic N) is 2. The van der Waals surface area contributed by atoms with Gasteiger partial charge in [-0.1, -0.05) is 19.1 Å². The molecule has 0 bridgehead atoms. The molecule has 1 amide bonds. The van der Waals surface area contributed by atoms with E-state index in [1.807, 2.05) is 43.0 Å². The number of hydrogen-bond acceptors (Lipinski definition) is 4. The number of likely N-dealkylation sites (tertiary alicyclic amines) is 1. The molecule has 0 aliphatic carbocycles. The maximum Gasteiger partial charge on any atom is 0.222 e. The van der Waals surface area contributed by atoms with Crippen molar-refractivity contribution in [1.29, 1.82) is 0 Å². The fourth-order valence-electron chi connectivity index (χ4n) is 2.97. The zero-order valence-electron chi connectivity index (χ0n) is 15.9. The fourth-order valence-corrected chi connectivity index (χ4v) is 2.97. The first-order valence-corrected chi connectivity index (χ1v) is 9.22. The standard InChI is InChI=1S/C19H30N4O3/c1-4-18(25)23-10-9-15(13-23)22-19(20-5-2)21-12-17(24)14-7-6-8-16(11-14)26-3/h6-8,11,15,17,24H,4-5,9-10,12-13H2,1-3H3,(H2,20,21,22). The second-order valence-corrected chi connectivity index (χ2v) is 6.34. The first kappa shape index (κ1) is 20.0. The lowest BCUT2D eigenvalue weighted by Crippen LogP contribution is -2.45. The van der Waals surface area contributed by atoms with Crippen molar-refractivity contribution < 1.29 is 14.6 Å². The fraction of sp³-hybridized carbons (Fsp3) is 0.579. The molecule has 2 unspecified atom stereocenters. The largest absolute Gasteiger partial charge is 0.497 e. The van der Waals surface area contributed by atoms with Crippen LogP contribution in [0.3, 0.4) is 0 Å². The summed E-state index contributed by atoms with van der Waals surface area (Å²) in [5.41, 5.74) is 0.768. The number of ether oxygens (including phenoxy) is 1. The van der Waals surface area contributed by atoms with Crippen molar-refractivity contribution in [2.45, 2.75) is 38.8 Å². The van der Waals surface area contributed by atoms with Gasteiger partial charge in [-0.3, -0.25) is 9.79 Å². The molecule has 1 heterocycles. The molecular weight excluding hydrogens is 332 g/mol. The van der Waals surface area contributed by atoms with Crippen molar-refractivity contribution in [1.82, 2.24) is 15.5 Å². The molecule has 2 atom stereocenters. The Morgan fingerprint density at radius 3 is 2.96 bits per heavy atom. The van der Waals surface area contributed by atoms with Crippen LogP contribution in [0.5, 0.6) is 5.75 Å². The molecule has 0 saturated carbocycles. The number of carbonyl (C=O) groups is 1. The number of rotatable bonds is 7. The Bertz CT molecular complexity index is 621. The third-order valence-corrected chi connectivity index (χ3v) is 4.43. The molecule has 0 aromatic heterocycles. The quantitative estimate of drug-likeness (QED) is 0.503. The minimum absolute atomic E-state index is 0.178. The van der Waals surface area contributed by atoms with Gasteiger partial charge in [-0.2, -0.15) is 0 Å². The summed E-state index contributed by atoms with van der Waals surface area (Å²) in [5, 5.41) is 17.0. The van der Waals surface area contributed by atoms with Crippen molar-refractivity contribution in [3.63, 3.8) is 0 Å². The number of nitrogens with one attached hydrogen (secondary N) is 2. The average molecular weight is 362 g/mol. The zero-order chi connectivity index (χ0) is 18.9. The van der Waals surface area contributed by atoms with Gasteiger partial charge in [-0.25, -0.2) is 0 Å². The highest BCUT2D eigenvalue weighted by Gasteiger charge is 2.25. The van der Waals surface area contributed by atoms with Crippen molar-refractivity contribution in [2.75, 3.05) is 33.3 Å². The number of benzene rings is 1. The Labute approximate surface area is 155 Å². The smallest absolute Gasteiger partial charge is 0.222 e. The van der Waals surface area contributed by atoms with E-state index in [9.17, 15) is 9.90 Å². The van der Waals surface area contributed by atoms with E-state index in [2.05, 4.69) is 15.6 Å². The summed E-state index contributed by atoms with van der Waals surface area (Å²) in [7, 11) is 1.60. The topological polar surface area (TPSA) is 86.2 Å². The van der Waals surface area contributed by atoms with E-state index in [0.717, 1.165) is 25.1 Å². The number of methoxy groups -OCH3 is 1. The van der Waals surface area contributed by atoms with E-state index in [0.29, 0.717) is 24.7 Å². The van der Waals surface area contributed by atoms with E-state index in [1.165, 1.54) is 0 Å². The molecule has 0 radical (unpaired) electrons. The van der Waals surface area contributed by atoms with Crippen molar-refractivity contribution in [3.05, 3.63) is 29.8 Å². The molecule has 1 saturated heterocycles. The molecule has 1 aliphatic rings. The molecule has 26 heavy (non-hydrogen) atoms. The van der Waals surface area contributed by atoms with Gasteiger partial charge >= 0.3 is 0 Å². The second-order valence-electron chi connectivity index (χ2n) is 6.34. The Morgan fingerprint density at radius 1 is 1.46 bits per heavy atom. The van der Waals surface area contributed by atoms with Gasteiger partial charge in [-0.15, -0.1) is 0 Å². The highest BCUT2D eigenvalue weighted by Crippen LogP contribution is 2.19. The molecule has 1 aromatic carbocycles. The van der Waals surface area contributed by atoms with E-state index >= 15 is 0 Å². The Hall–Kier alpha value is -2.28. The number of carbonyl (C=O) groups excluding carboxylic acids is 1. The van der Waals surface area contributed by atoms with Crippen molar-refractivity contribution >= 4 is 11.9 Å². The molecule has 2 rings (SSSR count). The van der Waals surface area contributed by atoms with Crippen molar-refractivity contribution in [2.24, 2.45) is 4.99 Å². The summed E-state index contributed by atoms with van der Waals surface area (Å²) < 4.78 is 5.19. The van der Waals surface area contributed by atoms with Gasteiger partial charge in [0.05, 0.1) is 19.8 Å². The molecule has 1 aromatic rings. The van der Waals surface area contributed by atoms with Gasteiger partial charge in [0.1, 0.15) is 5.75 Å². The van der Waals surface area contributed by atoms with Crippen LogP contribution in [0.15, 0.2) is 29.3 Å². The highest BCUT2D eigenvalue weighted by atomic mass is 16.5. The molecular formula is C19H30N4O3. The van der Waals surface area contributed by atoms with E-state index in [-0.39, 0.29) is 18.5 Å². The van der Waals surface area contributed by atoms with Crippen LogP contribution in [0.25, 0.3) is 0 Å². The van der Waals surface area contributed by atoms with Crippen LogP contribution >= 0.6 is 0 Å². The number of hydrogen-bond donors (Lipinski definition) is 3. The zero-order valence-corrected chi connectivity index (χ0v) is 15.9. The highest BCUT2D eigenvalue weighted by molar-refractivity contribution is 5.80. The number of aliphatic hydroxyl groups is 1. The summed E-state index contributed by atoms with van der Waals surface area (Å²) in [6, 6.07) is 7.54. The lowest BCUT2D eigenvalue weighted by Gasteiger charge is -2.19. The summed E-state index contributed by atoms with van der Waals surface area (Å²) in [6.07, 6.45) is 0.727. The molecule has 1 fully saturated rings. The Morgan fingerprint density at radius 2 is 2.27 bits per heavy atom. The second kappa shape index (κ2) is 10.0. The predicted octanol–water partition coefficient (Wildman–Crippen LogP) is 1.29. The minimum Gasteiger partial charge on any atom is -0.497 e. The van der Waals surface area contributed by atoms with Crippen LogP contribution in [0.2, 0.25) is 0 Å². The van der Waals surface area contributed by atoms with Crippen LogP contribution in [0.1, 0.15) is 38.4 Å². The van der Waals surface area contributed by atoms with Gasteiger partial charge in [0.2, 0.25) is 5.91 Å². The van der Waals surface area contributed by atoms with Crippen LogP contribution in [0.4, 0.5) is 0 Å². The van der Waals surface area contributed by atoms with Crippen LogP contribution in [-0.2, 0) is 4.79 Å². The molecule has 1 aliphatic heterocycles. The lowest BCUT2D eigenvalue weighted by molar-refractivity contribution is -0.129. The average Bonchev–Trinajstić information content (AvgIpc) is 3.14. The van der Waals surface area contributed by atoms with Gasteiger partial charge in [0.15, 0.2) is 5.96 Å². The molecule has 3 N–H and O–H groups in total. The van der Waals surface area contributed by atoms with Crippen LogP contribution < -0.4 is 15.4 Å². The number of guanidine groups is 1. The first-order chi connectivity index (χ1) is 12.6. The predicted molar refractivity (Wildman–Crippen MR) is 102 cm³/mol. The maximum absolute atomic E-state index is 11.8. The molecule has 7 nitrogen and oxygen atoms in total. The number of aliphatic imine (C=N–C) groups is 1. The Kier molecular flexibility index (Phi) is 7.72. The summed E-state index contributed by atoms with van der Waals surface area (Å²) >= 11 is 0. The van der Waals surface area contributed by atoms with Gasteiger partial charge in [0, 0.05) is 32.1 Å². The maximum atomic E-state index is 11.8. The first-order valence-electron chi connectivity index (χ1n) is 9.22. The molecule has 144 valence electrons. The number of amides is 1. The van der Waals surface area contributed by atoms with E-state index < -0.39 is 6.10 Å². The van der Waals surface area contributed by atoms with Gasteiger partial charge < -0.3 is 25.4 Å². The third kappa shape index (κ3) is 5.62. The van der Waals surface area contributed by atoms with Crippen molar-refractivity contribution in [3.8, 4) is 5.75 Å². The van der Waals surface area contributed by atoms with E-state index in [1.54, 1.807) is 7.11 Å². The normalized spacial score (nSPS) is 18.5. The van der Waals surface area contributed by atoms with Gasteiger partial charge in [0.25, 0.3) is 0 Å². The summed E-state index contributed by atoms with van der Waals surface area (Å²) in [4.78, 5) is 18.2. The lowest BCUT2D eigenvalue weighted by atomic mass is 10.1. The molecule has 0 spiro atoms. The molecule has 7 heteroatoms. The van der Waals surface area contributed by atoms with Crippen LogP contribution in [-0.4, -0.2) is 61.2 Å². The SMILES string of the molecule is CCNC(=NCC(O)c1cccc(OC)c1)NC1CCN(C(=O)CC)C1. The third-order valence-electron chi connectivity index (χ3n) is 4.43. The number of aliphatic hydroxyl groups excluding tert-OH is 1. The minimum atomic E-state index is -0.706. The van der Waals surface area contributed by atoms with Gasteiger partial charge in [-0.05, 0) is 31.0 Å².